The topological polar surface area (TPSA) is 37.0 Å². The molecule has 11 rings (SSSR count). The smallest absolute Gasteiger partial charge is 0.105 e. The Hall–Kier alpha value is -8.37. The third kappa shape index (κ3) is 8.16. The molecule has 66 heavy (non-hydrogen) atoms. The molecule has 10 aromatic rings. The highest BCUT2D eigenvalue weighted by Crippen LogP contribution is 2.49. The van der Waals surface area contributed by atoms with Crippen LogP contribution in [0, 0.1) is 0 Å². The van der Waals surface area contributed by atoms with Crippen LogP contribution in [0.1, 0.15) is 28.9 Å². The Bertz CT molecular complexity index is 3160. The molecule has 0 bridgehead atoms. The van der Waals surface area contributed by atoms with Crippen LogP contribution in [0.5, 0.6) is 0 Å². The maximum absolute atomic E-state index is 5.64. The first-order valence-corrected chi connectivity index (χ1v) is 22.7. The Balaban J connectivity index is 1.04. The Labute approximate surface area is 387 Å². The van der Waals surface area contributed by atoms with Gasteiger partial charge >= 0.3 is 0 Å². The minimum atomic E-state index is -0.123. The lowest BCUT2D eigenvalue weighted by Gasteiger charge is -2.34. The number of benzene rings is 9. The average molecular weight is 846 g/mol. The minimum Gasteiger partial charge on any atom is -0.366 e. The van der Waals surface area contributed by atoms with Crippen molar-refractivity contribution in [3.05, 3.63) is 278 Å². The summed E-state index contributed by atoms with van der Waals surface area (Å²) >= 11 is 0. The quantitative estimate of drug-likeness (QED) is 0.144. The van der Waals surface area contributed by atoms with Gasteiger partial charge in [-0.2, -0.15) is 0 Å². The van der Waals surface area contributed by atoms with E-state index in [4.69, 9.17) is 4.98 Å². The zero-order valence-corrected chi connectivity index (χ0v) is 36.4. The lowest BCUT2D eigenvalue weighted by molar-refractivity contribution is 0.443. The molecule has 1 aliphatic rings. The SMILES string of the molecule is C1=C(c2ccc(-c3cccc(-c4c(-c5ccccc5)c(-c5ccccc5)nc(-c5ccccc5)c4-c4ccccc4)c3)cc2)NC(c2ccccc2-c2ccccc2)NC1c1ccccc1. The van der Waals surface area contributed by atoms with Crippen molar-refractivity contribution in [2.45, 2.75) is 12.2 Å². The highest BCUT2D eigenvalue weighted by Gasteiger charge is 2.27. The second-order valence-corrected chi connectivity index (χ2v) is 16.7. The summed E-state index contributed by atoms with van der Waals surface area (Å²) in [6.07, 6.45) is 2.20. The predicted molar refractivity (Wildman–Crippen MR) is 275 cm³/mol. The fraction of sp³-hybridized carbons (Fsp3) is 0.0317. The summed E-state index contributed by atoms with van der Waals surface area (Å²) in [4.78, 5) is 5.64. The van der Waals surface area contributed by atoms with Crippen LogP contribution in [-0.2, 0) is 0 Å². The van der Waals surface area contributed by atoms with E-state index in [1.807, 2.05) is 0 Å². The van der Waals surface area contributed by atoms with E-state index in [2.05, 4.69) is 271 Å². The standard InChI is InChI=1S/C63H47N3/c1-7-22-45(23-8-1)54-36-19-20-37-55(54)63-64-56(46-24-9-2-10-25-46)43-57(65-63)47-40-38-44(39-41-47)52-34-21-35-53(42-52)58-59(48-26-11-3-12-27-48)61(50-30-15-5-16-31-50)66-62(51-32-17-6-18-33-51)60(58)49-28-13-4-14-29-49/h1-43,56,63-65H. The second-order valence-electron chi connectivity index (χ2n) is 16.7. The lowest BCUT2D eigenvalue weighted by Crippen LogP contribution is -2.39. The van der Waals surface area contributed by atoms with Crippen LogP contribution in [0.15, 0.2) is 261 Å². The molecule has 2 unspecified atom stereocenters. The van der Waals surface area contributed by atoms with Crippen LogP contribution in [0.4, 0.5) is 0 Å². The molecule has 2 heterocycles. The molecule has 0 amide bonds. The van der Waals surface area contributed by atoms with Crippen LogP contribution < -0.4 is 10.6 Å². The largest absolute Gasteiger partial charge is 0.366 e. The molecule has 0 spiro atoms. The van der Waals surface area contributed by atoms with Gasteiger partial charge < -0.3 is 5.32 Å². The van der Waals surface area contributed by atoms with E-state index in [0.29, 0.717) is 0 Å². The minimum absolute atomic E-state index is 0.00664. The number of nitrogens with zero attached hydrogens (tertiary/aromatic N) is 1. The summed E-state index contributed by atoms with van der Waals surface area (Å²) in [5.74, 6) is 0. The summed E-state index contributed by atoms with van der Waals surface area (Å²) in [6.45, 7) is 0. The number of aromatic nitrogens is 1. The van der Waals surface area contributed by atoms with E-state index in [0.717, 1.165) is 78.3 Å². The molecule has 3 heteroatoms. The number of pyridine rings is 1. The molecular weight excluding hydrogens is 799 g/mol. The third-order valence-corrected chi connectivity index (χ3v) is 12.6. The van der Waals surface area contributed by atoms with Crippen molar-refractivity contribution in [1.29, 1.82) is 0 Å². The zero-order valence-electron chi connectivity index (χ0n) is 36.4. The van der Waals surface area contributed by atoms with Crippen molar-refractivity contribution in [3.63, 3.8) is 0 Å². The van der Waals surface area contributed by atoms with Crippen molar-refractivity contribution in [1.82, 2.24) is 15.6 Å². The van der Waals surface area contributed by atoms with Gasteiger partial charge in [0.25, 0.3) is 0 Å². The van der Waals surface area contributed by atoms with E-state index in [1.165, 1.54) is 22.3 Å². The Morgan fingerprint density at radius 2 is 0.758 bits per heavy atom. The average Bonchev–Trinajstić information content (AvgIpc) is 3.41. The van der Waals surface area contributed by atoms with Crippen LogP contribution in [0.25, 0.3) is 83.8 Å². The number of hydrogen-bond acceptors (Lipinski definition) is 3. The van der Waals surface area contributed by atoms with Gasteiger partial charge in [-0.1, -0.05) is 249 Å². The van der Waals surface area contributed by atoms with Gasteiger partial charge in [-0.15, -0.1) is 0 Å². The lowest BCUT2D eigenvalue weighted by atomic mass is 9.82. The molecule has 1 aliphatic heterocycles. The molecule has 1 aromatic heterocycles. The number of rotatable bonds is 10. The van der Waals surface area contributed by atoms with Gasteiger partial charge in [-0.3, -0.25) is 5.32 Å². The molecule has 2 atom stereocenters. The summed E-state index contributed by atoms with van der Waals surface area (Å²) in [5.41, 5.74) is 20.1. The van der Waals surface area contributed by atoms with Gasteiger partial charge in [0.15, 0.2) is 0 Å². The molecule has 314 valence electrons. The van der Waals surface area contributed by atoms with Crippen molar-refractivity contribution < 1.29 is 0 Å². The van der Waals surface area contributed by atoms with Gasteiger partial charge in [-0.25, -0.2) is 4.98 Å². The van der Waals surface area contributed by atoms with E-state index in [9.17, 15) is 0 Å². The maximum Gasteiger partial charge on any atom is 0.105 e. The summed E-state index contributed by atoms with van der Waals surface area (Å²) in [6, 6.07) is 90.9. The van der Waals surface area contributed by atoms with E-state index >= 15 is 0 Å². The molecule has 0 aliphatic carbocycles. The van der Waals surface area contributed by atoms with Crippen LogP contribution in [0.3, 0.4) is 0 Å². The molecule has 0 saturated heterocycles. The van der Waals surface area contributed by atoms with Crippen molar-refractivity contribution in [2.75, 3.05) is 0 Å². The van der Waals surface area contributed by atoms with Crippen LogP contribution >= 0.6 is 0 Å². The van der Waals surface area contributed by atoms with Gasteiger partial charge in [0.2, 0.25) is 0 Å². The Kier molecular flexibility index (Phi) is 11.3. The van der Waals surface area contributed by atoms with Crippen molar-refractivity contribution in [3.8, 4) is 78.1 Å². The van der Waals surface area contributed by atoms with E-state index < -0.39 is 0 Å². The Morgan fingerprint density at radius 1 is 0.318 bits per heavy atom. The predicted octanol–water partition coefficient (Wildman–Crippen LogP) is 15.7. The molecule has 3 nitrogen and oxygen atoms in total. The summed E-state index contributed by atoms with van der Waals surface area (Å²) in [5, 5.41) is 7.84. The Morgan fingerprint density at radius 3 is 1.32 bits per heavy atom. The molecule has 0 saturated carbocycles. The highest BCUT2D eigenvalue weighted by atomic mass is 15.2. The summed E-state index contributed by atoms with van der Waals surface area (Å²) < 4.78 is 0. The second kappa shape index (κ2) is 18.4. The fourth-order valence-electron chi connectivity index (χ4n) is 9.42. The number of hydrogen-bond donors (Lipinski definition) is 2. The highest BCUT2D eigenvalue weighted by molar-refractivity contribution is 6.05. The first-order valence-electron chi connectivity index (χ1n) is 22.7. The van der Waals surface area contributed by atoms with Gasteiger partial charge in [-0.05, 0) is 67.8 Å². The van der Waals surface area contributed by atoms with Crippen molar-refractivity contribution in [2.24, 2.45) is 0 Å². The van der Waals surface area contributed by atoms with E-state index in [1.54, 1.807) is 0 Å². The normalized spacial score (nSPS) is 14.5. The molecule has 9 aromatic carbocycles. The fourth-order valence-corrected chi connectivity index (χ4v) is 9.42. The molecule has 2 N–H and O–H groups in total. The molecule has 0 radical (unpaired) electrons. The first kappa shape index (κ1) is 40.4. The monoisotopic (exact) mass is 845 g/mol. The van der Waals surface area contributed by atoms with Gasteiger partial charge in [0.1, 0.15) is 6.17 Å². The van der Waals surface area contributed by atoms with E-state index in [-0.39, 0.29) is 12.2 Å². The van der Waals surface area contributed by atoms with Gasteiger partial charge in [0.05, 0.1) is 17.4 Å². The number of nitrogens with one attached hydrogen (secondary N) is 2. The van der Waals surface area contributed by atoms with Crippen LogP contribution in [-0.4, -0.2) is 4.98 Å². The zero-order chi connectivity index (χ0) is 44.1. The van der Waals surface area contributed by atoms with Gasteiger partial charge in [0, 0.05) is 33.5 Å². The first-order chi connectivity index (χ1) is 32.7. The third-order valence-electron chi connectivity index (χ3n) is 12.6. The van der Waals surface area contributed by atoms with Crippen LogP contribution in [0.2, 0.25) is 0 Å². The van der Waals surface area contributed by atoms with Crippen molar-refractivity contribution >= 4 is 5.70 Å². The summed E-state index contributed by atoms with van der Waals surface area (Å²) in [7, 11) is 0. The molecular formula is C63H47N3. The maximum atomic E-state index is 5.64. The molecule has 0 fully saturated rings.